The van der Waals surface area contributed by atoms with Gasteiger partial charge in [0.1, 0.15) is 10.6 Å². The van der Waals surface area contributed by atoms with Gasteiger partial charge in [-0.3, -0.25) is 9.69 Å². The van der Waals surface area contributed by atoms with Crippen LogP contribution in [0, 0.1) is 0 Å². The minimum atomic E-state index is -4.12. The highest BCUT2D eigenvalue weighted by molar-refractivity contribution is 7.90. The second-order valence-corrected chi connectivity index (χ2v) is 12.4. The molecule has 3 amide bonds. The van der Waals surface area contributed by atoms with E-state index in [0.29, 0.717) is 11.3 Å². The lowest BCUT2D eigenvalue weighted by Gasteiger charge is -2.24. The van der Waals surface area contributed by atoms with Gasteiger partial charge in [-0.05, 0) is 84.8 Å². The summed E-state index contributed by atoms with van der Waals surface area (Å²) in [6.45, 7) is -1.37. The molecule has 13 heteroatoms. The number of aliphatic carboxylic acids is 1. The number of anilines is 2. The number of alkyl halides is 2. The maximum Gasteiger partial charge on any atom is 0.376 e. The Hall–Kier alpha value is -4.78. The minimum Gasteiger partial charge on any atom is -0.507 e. The number of nitrogens with zero attached hydrogens (tertiary/aromatic N) is 1. The first kappa shape index (κ1) is 32.1. The molecule has 4 rings (SSSR count). The number of carbonyl (C=O) groups excluding carboxylic acids is 2. The third-order valence-corrected chi connectivity index (χ3v) is 8.16. The predicted molar refractivity (Wildman–Crippen MR) is 161 cm³/mol. The highest BCUT2D eigenvalue weighted by Crippen LogP contribution is 2.30. The van der Waals surface area contributed by atoms with Crippen LogP contribution >= 0.6 is 0 Å². The number of hydrogen-bond acceptors (Lipinski definition) is 6. The van der Waals surface area contributed by atoms with Crippen molar-refractivity contribution in [2.75, 3.05) is 23.0 Å². The number of aromatic hydroxyl groups is 1. The van der Waals surface area contributed by atoms with Crippen molar-refractivity contribution in [2.24, 2.45) is 0 Å². The number of halogens is 2. The Kier molecular flexibility index (Phi) is 9.68. The van der Waals surface area contributed by atoms with Gasteiger partial charge in [0.05, 0.1) is 13.1 Å². The average molecular weight is 628 g/mol. The molecule has 0 aliphatic heterocycles. The van der Waals surface area contributed by atoms with Crippen LogP contribution in [0.4, 0.5) is 25.0 Å². The molecular weight excluding hydrogens is 596 g/mol. The normalized spacial score (nSPS) is 13.5. The quantitative estimate of drug-likeness (QED) is 0.218. The van der Waals surface area contributed by atoms with Crippen LogP contribution in [0.25, 0.3) is 5.57 Å². The summed E-state index contributed by atoms with van der Waals surface area (Å²) in [5.74, 6) is -7.82. The van der Waals surface area contributed by atoms with E-state index in [-0.39, 0.29) is 22.7 Å². The number of hydrogen-bond donors (Lipinski definition) is 4. The second-order valence-electron chi connectivity index (χ2n) is 10.4. The third-order valence-electron chi connectivity index (χ3n) is 7.04. The standard InChI is InChI=1S/C31H31F2N3O7S/c1-44(42,43)27-17-24(13-16-26(27)37)35-30(41)36(25-14-11-22(12-15-25)21-5-3-2-4-6-21)18-20-7-9-23(10-8-20)28(38)34-19-31(32,33)29(39)40/h5,7-17,37H,2-4,6,18-19H2,1H3,(H,34,38)(H,35,41)(H,39,40). The number of allylic oxidation sites excluding steroid dienone is 2. The number of urea groups is 1. The van der Waals surface area contributed by atoms with Gasteiger partial charge in [-0.25, -0.2) is 18.0 Å². The van der Waals surface area contributed by atoms with Crippen LogP contribution in [-0.2, 0) is 21.2 Å². The molecule has 0 fully saturated rings. The van der Waals surface area contributed by atoms with E-state index in [1.165, 1.54) is 46.9 Å². The zero-order chi connectivity index (χ0) is 32.1. The number of phenolic OH excluding ortho intramolecular Hbond substituents is 1. The first-order valence-electron chi connectivity index (χ1n) is 13.6. The molecule has 0 aromatic heterocycles. The SMILES string of the molecule is CS(=O)(=O)c1cc(NC(=O)N(Cc2ccc(C(=O)NCC(F)(F)C(=O)O)cc2)c2ccc(C3=CCCCC3)cc2)ccc1O. The molecule has 1 aliphatic rings. The summed E-state index contributed by atoms with van der Waals surface area (Å²) < 4.78 is 50.8. The van der Waals surface area contributed by atoms with Gasteiger partial charge in [-0.1, -0.05) is 30.3 Å². The molecule has 3 aromatic rings. The highest BCUT2D eigenvalue weighted by Gasteiger charge is 2.39. The lowest BCUT2D eigenvalue weighted by molar-refractivity contribution is -0.163. The van der Waals surface area contributed by atoms with Gasteiger partial charge in [0.25, 0.3) is 5.91 Å². The number of amides is 3. The molecule has 0 atom stereocenters. The molecule has 0 spiro atoms. The molecular formula is C31H31F2N3O7S. The van der Waals surface area contributed by atoms with Gasteiger partial charge < -0.3 is 20.8 Å². The summed E-state index contributed by atoms with van der Waals surface area (Å²) in [5.41, 5.74) is 3.48. The van der Waals surface area contributed by atoms with Crippen molar-refractivity contribution in [1.29, 1.82) is 0 Å². The summed E-state index contributed by atoms with van der Waals surface area (Å²) >= 11 is 0. The Labute approximate surface area is 252 Å². The molecule has 0 saturated heterocycles. The number of carboxylic acids is 1. The Morgan fingerprint density at radius 2 is 1.66 bits per heavy atom. The van der Waals surface area contributed by atoms with Gasteiger partial charge in [-0.2, -0.15) is 8.78 Å². The summed E-state index contributed by atoms with van der Waals surface area (Å²) in [5, 5.41) is 23.1. The van der Waals surface area contributed by atoms with Crippen LogP contribution in [0.5, 0.6) is 5.75 Å². The number of carboxylic acid groups (broad SMARTS) is 1. The van der Waals surface area contributed by atoms with Crippen molar-refractivity contribution in [2.45, 2.75) is 43.0 Å². The fourth-order valence-electron chi connectivity index (χ4n) is 4.63. The van der Waals surface area contributed by atoms with E-state index >= 15 is 0 Å². The lowest BCUT2D eigenvalue weighted by Crippen LogP contribution is -2.42. The van der Waals surface area contributed by atoms with Crippen LogP contribution in [-0.4, -0.2) is 55.3 Å². The molecule has 1 aliphatic carbocycles. The maximum absolute atomic E-state index is 13.6. The number of phenols is 1. The molecule has 44 heavy (non-hydrogen) atoms. The van der Waals surface area contributed by atoms with Crippen LogP contribution in [0.15, 0.2) is 77.7 Å². The van der Waals surface area contributed by atoms with Crippen LogP contribution in [0.2, 0.25) is 0 Å². The van der Waals surface area contributed by atoms with Gasteiger partial charge >= 0.3 is 17.9 Å². The molecule has 0 radical (unpaired) electrons. The zero-order valence-corrected chi connectivity index (χ0v) is 24.5. The van der Waals surface area contributed by atoms with Crippen molar-refractivity contribution in [3.8, 4) is 5.75 Å². The van der Waals surface area contributed by atoms with Crippen molar-refractivity contribution in [3.63, 3.8) is 0 Å². The van der Waals surface area contributed by atoms with Crippen molar-refractivity contribution in [1.82, 2.24) is 5.32 Å². The molecule has 0 bridgehead atoms. The summed E-state index contributed by atoms with van der Waals surface area (Å²) in [4.78, 5) is 37.5. The smallest absolute Gasteiger partial charge is 0.376 e. The summed E-state index contributed by atoms with van der Waals surface area (Å²) in [6.07, 6.45) is 7.34. The fourth-order valence-corrected chi connectivity index (χ4v) is 5.42. The molecule has 4 N–H and O–H groups in total. The molecule has 3 aromatic carbocycles. The predicted octanol–water partition coefficient (Wildman–Crippen LogP) is 5.44. The van der Waals surface area contributed by atoms with E-state index in [4.69, 9.17) is 5.11 Å². The Morgan fingerprint density at radius 1 is 0.977 bits per heavy atom. The van der Waals surface area contributed by atoms with Crippen LogP contribution in [0.3, 0.4) is 0 Å². The fraction of sp³-hybridized carbons (Fsp3) is 0.258. The van der Waals surface area contributed by atoms with E-state index in [1.54, 1.807) is 12.1 Å². The summed E-state index contributed by atoms with van der Waals surface area (Å²) in [6, 6.07) is 16.2. The molecule has 232 valence electrons. The van der Waals surface area contributed by atoms with Crippen molar-refractivity contribution >= 4 is 44.7 Å². The lowest BCUT2D eigenvalue weighted by atomic mass is 9.93. The van der Waals surface area contributed by atoms with E-state index in [9.17, 15) is 36.7 Å². The molecule has 0 heterocycles. The average Bonchev–Trinajstić information content (AvgIpc) is 3.00. The molecule has 10 nitrogen and oxygen atoms in total. The van der Waals surface area contributed by atoms with Gasteiger partial charge in [0.2, 0.25) is 0 Å². The Morgan fingerprint density at radius 3 is 2.25 bits per heavy atom. The number of carbonyl (C=O) groups is 3. The number of rotatable bonds is 10. The van der Waals surface area contributed by atoms with Crippen LogP contribution < -0.4 is 15.5 Å². The van der Waals surface area contributed by atoms with Crippen LogP contribution in [0.1, 0.15) is 47.2 Å². The van der Waals surface area contributed by atoms with E-state index in [2.05, 4.69) is 11.4 Å². The first-order chi connectivity index (χ1) is 20.7. The number of sulfone groups is 1. The van der Waals surface area contributed by atoms with Crippen molar-refractivity contribution in [3.05, 3.63) is 89.5 Å². The highest BCUT2D eigenvalue weighted by atomic mass is 32.2. The second kappa shape index (κ2) is 13.2. The molecule has 0 saturated carbocycles. The minimum absolute atomic E-state index is 0.00385. The van der Waals surface area contributed by atoms with E-state index in [0.717, 1.165) is 43.6 Å². The topological polar surface area (TPSA) is 153 Å². The third kappa shape index (κ3) is 7.98. The zero-order valence-electron chi connectivity index (χ0n) is 23.7. The monoisotopic (exact) mass is 627 g/mol. The van der Waals surface area contributed by atoms with Gasteiger partial charge in [0.15, 0.2) is 9.84 Å². The molecule has 0 unspecified atom stereocenters. The Balaban J connectivity index is 1.58. The van der Waals surface area contributed by atoms with Gasteiger partial charge in [-0.15, -0.1) is 0 Å². The number of benzene rings is 3. The summed E-state index contributed by atoms with van der Waals surface area (Å²) in [7, 11) is -3.78. The van der Waals surface area contributed by atoms with Gasteiger partial charge in [0, 0.05) is 23.2 Å². The maximum atomic E-state index is 13.6. The van der Waals surface area contributed by atoms with E-state index in [1.807, 2.05) is 17.4 Å². The number of nitrogens with one attached hydrogen (secondary N) is 2. The van der Waals surface area contributed by atoms with E-state index < -0.39 is 46.0 Å². The first-order valence-corrected chi connectivity index (χ1v) is 15.5. The largest absolute Gasteiger partial charge is 0.507 e. The van der Waals surface area contributed by atoms with Crippen molar-refractivity contribution < 1.29 is 41.8 Å². The Bertz CT molecular complexity index is 1690.